The minimum absolute atomic E-state index is 0.182. The van der Waals surface area contributed by atoms with Gasteiger partial charge in [-0.25, -0.2) is 0 Å². The number of nitrogens with zero attached hydrogens (tertiary/aromatic N) is 1. The summed E-state index contributed by atoms with van der Waals surface area (Å²) in [5, 5.41) is 0.586. The third-order valence-electron chi connectivity index (χ3n) is 3.12. The molecule has 1 fully saturated rings. The van der Waals surface area contributed by atoms with Gasteiger partial charge in [0.2, 0.25) is 5.91 Å². The second-order valence-corrected chi connectivity index (χ2v) is 4.88. The van der Waals surface area contributed by atoms with Crippen LogP contribution in [0, 0.1) is 0 Å². The molecule has 1 amide bonds. The van der Waals surface area contributed by atoms with Gasteiger partial charge in [-0.3, -0.25) is 4.79 Å². The lowest BCUT2D eigenvalue weighted by Gasteiger charge is -2.26. The Morgan fingerprint density at radius 1 is 1.22 bits per heavy atom. The first-order valence-corrected chi connectivity index (χ1v) is 6.80. The van der Waals surface area contributed by atoms with E-state index in [9.17, 15) is 4.79 Å². The summed E-state index contributed by atoms with van der Waals surface area (Å²) in [5.74, 6) is 0.826. The molecule has 0 aliphatic carbocycles. The van der Waals surface area contributed by atoms with Gasteiger partial charge in [-0.1, -0.05) is 23.7 Å². The van der Waals surface area contributed by atoms with Crippen molar-refractivity contribution in [2.45, 2.75) is 25.7 Å². The van der Waals surface area contributed by atoms with Gasteiger partial charge in [0.25, 0.3) is 0 Å². The van der Waals surface area contributed by atoms with E-state index < -0.39 is 0 Å². The molecule has 4 heteroatoms. The molecule has 98 valence electrons. The molecule has 1 aromatic rings. The second-order valence-electron chi connectivity index (χ2n) is 4.47. The zero-order valence-corrected chi connectivity index (χ0v) is 11.2. The maximum absolute atomic E-state index is 11.9. The Morgan fingerprint density at radius 3 is 2.67 bits per heavy atom. The van der Waals surface area contributed by atoms with E-state index in [1.807, 2.05) is 23.1 Å². The third kappa shape index (κ3) is 3.64. The number of carbonyl (C=O) groups excluding carboxylic acids is 1. The molecule has 0 unspecified atom stereocenters. The van der Waals surface area contributed by atoms with E-state index in [0.29, 0.717) is 23.8 Å². The fraction of sp³-hybridized carbons (Fsp3) is 0.500. The van der Waals surface area contributed by atoms with Gasteiger partial charge in [0.05, 0.1) is 18.1 Å². The van der Waals surface area contributed by atoms with E-state index in [0.717, 1.165) is 25.9 Å². The Kier molecular flexibility index (Phi) is 4.88. The standard InChI is InChI=1S/C14H18ClNO2/c15-12-6-2-3-7-13(12)18-11-8-14(17)16-9-4-1-5-10-16/h2-3,6-7H,1,4-5,8-11H2. The summed E-state index contributed by atoms with van der Waals surface area (Å²) in [6, 6.07) is 7.32. The highest BCUT2D eigenvalue weighted by atomic mass is 35.5. The van der Waals surface area contributed by atoms with Gasteiger partial charge >= 0.3 is 0 Å². The molecule has 0 atom stereocenters. The van der Waals surface area contributed by atoms with Crippen molar-refractivity contribution in [3.63, 3.8) is 0 Å². The Morgan fingerprint density at radius 2 is 1.94 bits per heavy atom. The smallest absolute Gasteiger partial charge is 0.225 e. The monoisotopic (exact) mass is 267 g/mol. The molecule has 0 spiro atoms. The number of hydrogen-bond donors (Lipinski definition) is 0. The van der Waals surface area contributed by atoms with Crippen LogP contribution in [-0.2, 0) is 4.79 Å². The average molecular weight is 268 g/mol. The number of likely N-dealkylation sites (tertiary alicyclic amines) is 1. The first kappa shape index (κ1) is 13.2. The molecule has 18 heavy (non-hydrogen) atoms. The third-order valence-corrected chi connectivity index (χ3v) is 3.43. The summed E-state index contributed by atoms with van der Waals surface area (Å²) >= 11 is 5.97. The maximum Gasteiger partial charge on any atom is 0.225 e. The molecule has 1 aliphatic heterocycles. The van der Waals surface area contributed by atoms with E-state index in [1.165, 1.54) is 6.42 Å². The van der Waals surface area contributed by atoms with Crippen molar-refractivity contribution in [1.29, 1.82) is 0 Å². The lowest BCUT2D eigenvalue weighted by atomic mass is 10.1. The van der Waals surface area contributed by atoms with Crippen LogP contribution < -0.4 is 4.74 Å². The van der Waals surface area contributed by atoms with Gasteiger partial charge in [0.1, 0.15) is 5.75 Å². The largest absolute Gasteiger partial charge is 0.491 e. The van der Waals surface area contributed by atoms with E-state index in [4.69, 9.17) is 16.3 Å². The highest BCUT2D eigenvalue weighted by molar-refractivity contribution is 6.32. The minimum atomic E-state index is 0.182. The van der Waals surface area contributed by atoms with Crippen molar-refractivity contribution < 1.29 is 9.53 Å². The van der Waals surface area contributed by atoms with Crippen LogP contribution in [0.25, 0.3) is 0 Å². The average Bonchev–Trinajstić information content (AvgIpc) is 2.42. The van der Waals surface area contributed by atoms with Crippen molar-refractivity contribution in [2.24, 2.45) is 0 Å². The molecule has 2 rings (SSSR count). The van der Waals surface area contributed by atoms with Crippen LogP contribution in [0.1, 0.15) is 25.7 Å². The molecule has 0 aromatic heterocycles. The summed E-state index contributed by atoms with van der Waals surface area (Å²) in [4.78, 5) is 13.8. The van der Waals surface area contributed by atoms with Gasteiger partial charge < -0.3 is 9.64 Å². The Hall–Kier alpha value is -1.22. The molecule has 1 heterocycles. The highest BCUT2D eigenvalue weighted by Crippen LogP contribution is 2.23. The second kappa shape index (κ2) is 6.64. The summed E-state index contributed by atoms with van der Waals surface area (Å²) < 4.78 is 5.52. The minimum Gasteiger partial charge on any atom is -0.491 e. The first-order valence-electron chi connectivity index (χ1n) is 6.42. The number of para-hydroxylation sites is 1. The molecule has 3 nitrogen and oxygen atoms in total. The predicted octanol–water partition coefficient (Wildman–Crippen LogP) is 3.12. The quantitative estimate of drug-likeness (QED) is 0.839. The van der Waals surface area contributed by atoms with Gasteiger partial charge in [0, 0.05) is 13.1 Å². The van der Waals surface area contributed by atoms with Crippen molar-refractivity contribution >= 4 is 17.5 Å². The van der Waals surface area contributed by atoms with Crippen LogP contribution in [0.2, 0.25) is 5.02 Å². The van der Waals surface area contributed by atoms with Crippen LogP contribution in [0.5, 0.6) is 5.75 Å². The Balaban J connectivity index is 1.75. The first-order chi connectivity index (χ1) is 8.77. The van der Waals surface area contributed by atoms with E-state index >= 15 is 0 Å². The molecule has 1 aromatic carbocycles. The SMILES string of the molecule is O=C(CCOc1ccccc1Cl)N1CCCCC1. The molecular weight excluding hydrogens is 250 g/mol. The number of rotatable bonds is 4. The number of hydrogen-bond acceptors (Lipinski definition) is 2. The zero-order valence-electron chi connectivity index (χ0n) is 10.4. The zero-order chi connectivity index (χ0) is 12.8. The number of ether oxygens (including phenoxy) is 1. The van der Waals surface area contributed by atoms with Crippen LogP contribution in [-0.4, -0.2) is 30.5 Å². The van der Waals surface area contributed by atoms with Gasteiger partial charge in [-0.15, -0.1) is 0 Å². The number of benzene rings is 1. The number of amides is 1. The number of piperidine rings is 1. The molecule has 0 radical (unpaired) electrons. The summed E-state index contributed by atoms with van der Waals surface area (Å²) in [6.07, 6.45) is 3.90. The Bertz CT molecular complexity index is 403. The van der Waals surface area contributed by atoms with Crippen LogP contribution >= 0.6 is 11.6 Å². The molecule has 1 saturated heterocycles. The van der Waals surface area contributed by atoms with Gasteiger partial charge in [-0.2, -0.15) is 0 Å². The fourth-order valence-corrected chi connectivity index (χ4v) is 2.30. The van der Waals surface area contributed by atoms with Crippen LogP contribution in [0.15, 0.2) is 24.3 Å². The van der Waals surface area contributed by atoms with E-state index in [2.05, 4.69) is 0 Å². The van der Waals surface area contributed by atoms with Crippen molar-refractivity contribution in [3.05, 3.63) is 29.3 Å². The maximum atomic E-state index is 11.9. The fourth-order valence-electron chi connectivity index (χ4n) is 2.11. The topological polar surface area (TPSA) is 29.5 Å². The summed E-state index contributed by atoms with van der Waals surface area (Å²) in [5.41, 5.74) is 0. The molecule has 1 aliphatic rings. The lowest BCUT2D eigenvalue weighted by molar-refractivity contribution is -0.132. The molecule has 0 N–H and O–H groups in total. The molecule has 0 bridgehead atoms. The van der Waals surface area contributed by atoms with E-state index in [-0.39, 0.29) is 5.91 Å². The van der Waals surface area contributed by atoms with Crippen molar-refractivity contribution in [3.8, 4) is 5.75 Å². The number of halogens is 1. The lowest BCUT2D eigenvalue weighted by Crippen LogP contribution is -2.36. The van der Waals surface area contributed by atoms with Crippen molar-refractivity contribution in [1.82, 2.24) is 4.90 Å². The van der Waals surface area contributed by atoms with Gasteiger partial charge in [-0.05, 0) is 31.4 Å². The Labute approximate surface area is 113 Å². The van der Waals surface area contributed by atoms with Crippen molar-refractivity contribution in [2.75, 3.05) is 19.7 Å². The normalized spacial score (nSPS) is 15.5. The number of carbonyl (C=O) groups is 1. The van der Waals surface area contributed by atoms with Crippen LogP contribution in [0.3, 0.4) is 0 Å². The highest BCUT2D eigenvalue weighted by Gasteiger charge is 2.16. The van der Waals surface area contributed by atoms with Gasteiger partial charge in [0.15, 0.2) is 0 Å². The molecule has 0 saturated carbocycles. The van der Waals surface area contributed by atoms with Crippen LogP contribution in [0.4, 0.5) is 0 Å². The summed E-state index contributed by atoms with van der Waals surface area (Å²) in [7, 11) is 0. The van der Waals surface area contributed by atoms with E-state index in [1.54, 1.807) is 6.07 Å². The predicted molar refractivity (Wildman–Crippen MR) is 72.0 cm³/mol. The molecular formula is C14H18ClNO2. The summed E-state index contributed by atoms with van der Waals surface area (Å²) in [6.45, 7) is 2.18.